The van der Waals surface area contributed by atoms with E-state index in [2.05, 4.69) is 44.5 Å². The molecule has 3 aromatic rings. The molecule has 164 valence electrons. The van der Waals surface area contributed by atoms with E-state index in [1.165, 1.54) is 23.6 Å². The van der Waals surface area contributed by atoms with E-state index in [0.717, 1.165) is 49.5 Å². The summed E-state index contributed by atoms with van der Waals surface area (Å²) in [5.74, 6) is 1.50. The van der Waals surface area contributed by atoms with Crippen molar-refractivity contribution in [3.05, 3.63) is 53.5 Å². The van der Waals surface area contributed by atoms with Crippen molar-refractivity contribution in [2.24, 2.45) is 0 Å². The largest absolute Gasteiger partial charge is 0.447 e. The van der Waals surface area contributed by atoms with Crippen LogP contribution in [0.15, 0.2) is 40.1 Å². The summed E-state index contributed by atoms with van der Waals surface area (Å²) in [6.07, 6.45) is 1.40. The van der Waals surface area contributed by atoms with Crippen LogP contribution in [0.5, 0.6) is 0 Å². The molecule has 0 atom stereocenters. The molecule has 0 bridgehead atoms. The number of thioether (sulfide) groups is 1. The summed E-state index contributed by atoms with van der Waals surface area (Å²) >= 11 is 1.46. The van der Waals surface area contributed by atoms with Gasteiger partial charge in [-0.05, 0) is 26.0 Å². The van der Waals surface area contributed by atoms with Gasteiger partial charge in [-0.3, -0.25) is 14.3 Å². The van der Waals surface area contributed by atoms with E-state index in [-0.39, 0.29) is 11.6 Å². The van der Waals surface area contributed by atoms with Crippen LogP contribution in [0.4, 0.5) is 0 Å². The average Bonchev–Trinajstić information content (AvgIpc) is 3.40. The molecule has 4 rings (SSSR count). The Bertz CT molecular complexity index is 1010. The number of aromatic nitrogens is 4. The first-order valence-electron chi connectivity index (χ1n) is 10.2. The fraction of sp³-hybridized carbons (Fsp3) is 0.429. The second-order valence-electron chi connectivity index (χ2n) is 7.33. The highest BCUT2D eigenvalue weighted by atomic mass is 32.2. The number of ether oxygens (including phenoxy) is 1. The lowest BCUT2D eigenvalue weighted by Gasteiger charge is -2.26. The highest BCUT2D eigenvalue weighted by Gasteiger charge is 2.16. The predicted octanol–water partition coefficient (Wildman–Crippen LogP) is 2.23. The first kappa shape index (κ1) is 21.5. The topological polar surface area (TPSA) is 98.3 Å². The van der Waals surface area contributed by atoms with E-state index in [1.807, 2.05) is 23.6 Å². The van der Waals surface area contributed by atoms with Gasteiger partial charge in [0.05, 0.1) is 19.0 Å². The Morgan fingerprint density at radius 2 is 1.94 bits per heavy atom. The molecule has 1 aliphatic rings. The van der Waals surface area contributed by atoms with Gasteiger partial charge in [0.1, 0.15) is 12.1 Å². The van der Waals surface area contributed by atoms with Crippen LogP contribution in [0.1, 0.15) is 27.8 Å². The molecule has 1 amide bonds. The van der Waals surface area contributed by atoms with Crippen LogP contribution in [0, 0.1) is 13.8 Å². The lowest BCUT2D eigenvalue weighted by molar-refractivity contribution is 0.0383. The Hall–Kier alpha value is -2.69. The SMILES string of the molecule is Cc1ccc(-n2c(C)nnc2SCc2nc(C(=O)NCCN3CCOCC3)co2)cc1. The van der Waals surface area contributed by atoms with Gasteiger partial charge in [-0.2, -0.15) is 0 Å². The van der Waals surface area contributed by atoms with Crippen molar-refractivity contribution in [3.8, 4) is 5.69 Å². The highest BCUT2D eigenvalue weighted by Crippen LogP contribution is 2.25. The van der Waals surface area contributed by atoms with Gasteiger partial charge >= 0.3 is 0 Å². The first-order chi connectivity index (χ1) is 15.1. The number of aryl methyl sites for hydroxylation is 2. The van der Waals surface area contributed by atoms with Gasteiger partial charge in [0, 0.05) is 31.9 Å². The van der Waals surface area contributed by atoms with Crippen molar-refractivity contribution < 1.29 is 13.9 Å². The van der Waals surface area contributed by atoms with Crippen molar-refractivity contribution in [2.45, 2.75) is 24.8 Å². The van der Waals surface area contributed by atoms with Crippen LogP contribution >= 0.6 is 11.8 Å². The third-order valence-corrected chi connectivity index (χ3v) is 5.93. The molecule has 0 unspecified atom stereocenters. The van der Waals surface area contributed by atoms with Gasteiger partial charge in [-0.1, -0.05) is 29.5 Å². The summed E-state index contributed by atoms with van der Waals surface area (Å²) in [7, 11) is 0. The quantitative estimate of drug-likeness (QED) is 0.531. The number of amides is 1. The van der Waals surface area contributed by atoms with Crippen LogP contribution in [-0.4, -0.2) is 69.9 Å². The second kappa shape index (κ2) is 10.1. The lowest BCUT2D eigenvalue weighted by atomic mass is 10.2. The van der Waals surface area contributed by atoms with Crippen LogP contribution in [0.3, 0.4) is 0 Å². The van der Waals surface area contributed by atoms with E-state index < -0.39 is 0 Å². The third-order valence-electron chi connectivity index (χ3n) is 5.01. The van der Waals surface area contributed by atoms with Gasteiger partial charge < -0.3 is 14.5 Å². The van der Waals surface area contributed by atoms with Gasteiger partial charge in [0.15, 0.2) is 10.9 Å². The summed E-state index contributed by atoms with van der Waals surface area (Å²) in [4.78, 5) is 18.9. The molecule has 9 nitrogen and oxygen atoms in total. The van der Waals surface area contributed by atoms with Gasteiger partial charge in [-0.25, -0.2) is 4.98 Å². The number of hydrogen-bond donors (Lipinski definition) is 1. The van der Waals surface area contributed by atoms with E-state index in [4.69, 9.17) is 9.15 Å². The van der Waals surface area contributed by atoms with Gasteiger partial charge in [0.2, 0.25) is 5.89 Å². The Balaban J connectivity index is 1.31. The van der Waals surface area contributed by atoms with Gasteiger partial charge in [0.25, 0.3) is 5.91 Å². The number of nitrogens with one attached hydrogen (secondary N) is 1. The number of nitrogens with zero attached hydrogens (tertiary/aromatic N) is 5. The Kier molecular flexibility index (Phi) is 7.00. The normalized spacial score (nSPS) is 14.6. The van der Waals surface area contributed by atoms with Crippen LogP contribution in [0.2, 0.25) is 0 Å². The fourth-order valence-electron chi connectivity index (χ4n) is 3.28. The van der Waals surface area contributed by atoms with E-state index >= 15 is 0 Å². The van der Waals surface area contributed by atoms with E-state index in [9.17, 15) is 4.79 Å². The number of benzene rings is 1. The number of carbonyl (C=O) groups excluding carboxylic acids is 1. The molecule has 0 spiro atoms. The zero-order valence-corrected chi connectivity index (χ0v) is 18.5. The Labute approximate surface area is 185 Å². The molecular formula is C21H26N6O3S. The average molecular weight is 443 g/mol. The molecule has 1 N–H and O–H groups in total. The minimum Gasteiger partial charge on any atom is -0.447 e. The smallest absolute Gasteiger partial charge is 0.273 e. The Morgan fingerprint density at radius 1 is 1.16 bits per heavy atom. The summed E-state index contributed by atoms with van der Waals surface area (Å²) < 4.78 is 12.8. The molecular weight excluding hydrogens is 416 g/mol. The molecule has 0 aliphatic carbocycles. The monoisotopic (exact) mass is 442 g/mol. The van der Waals surface area contributed by atoms with E-state index in [1.54, 1.807) is 0 Å². The van der Waals surface area contributed by atoms with Crippen molar-refractivity contribution in [1.29, 1.82) is 0 Å². The minimum atomic E-state index is -0.230. The van der Waals surface area contributed by atoms with Crippen LogP contribution in [-0.2, 0) is 10.5 Å². The maximum absolute atomic E-state index is 12.3. The number of oxazole rings is 1. The van der Waals surface area contributed by atoms with E-state index in [0.29, 0.717) is 18.2 Å². The number of hydrogen-bond acceptors (Lipinski definition) is 8. The summed E-state index contributed by atoms with van der Waals surface area (Å²) in [6.45, 7) is 8.61. The molecule has 0 saturated carbocycles. The molecule has 0 radical (unpaired) electrons. The van der Waals surface area contributed by atoms with Crippen LogP contribution in [0.25, 0.3) is 5.69 Å². The Morgan fingerprint density at radius 3 is 2.71 bits per heavy atom. The lowest BCUT2D eigenvalue weighted by Crippen LogP contribution is -2.41. The maximum Gasteiger partial charge on any atom is 0.273 e. The summed E-state index contributed by atoms with van der Waals surface area (Å²) in [6, 6.07) is 8.20. The molecule has 1 aliphatic heterocycles. The third kappa shape index (κ3) is 5.52. The second-order valence-corrected chi connectivity index (χ2v) is 8.27. The van der Waals surface area contributed by atoms with Crippen molar-refractivity contribution in [1.82, 2.24) is 30.0 Å². The zero-order valence-electron chi connectivity index (χ0n) is 17.7. The number of morpholine rings is 1. The highest BCUT2D eigenvalue weighted by molar-refractivity contribution is 7.98. The molecule has 1 fully saturated rings. The summed E-state index contributed by atoms with van der Waals surface area (Å²) in [5, 5.41) is 12.1. The fourth-order valence-corrected chi connectivity index (χ4v) is 4.13. The number of rotatable bonds is 8. The van der Waals surface area contributed by atoms with Crippen molar-refractivity contribution in [3.63, 3.8) is 0 Å². The predicted molar refractivity (Wildman–Crippen MR) is 116 cm³/mol. The van der Waals surface area contributed by atoms with Crippen molar-refractivity contribution in [2.75, 3.05) is 39.4 Å². The minimum absolute atomic E-state index is 0.230. The molecule has 10 heteroatoms. The molecule has 3 heterocycles. The molecule has 1 saturated heterocycles. The first-order valence-corrected chi connectivity index (χ1v) is 11.2. The molecule has 31 heavy (non-hydrogen) atoms. The maximum atomic E-state index is 12.3. The van der Waals surface area contributed by atoms with Crippen molar-refractivity contribution >= 4 is 17.7 Å². The standard InChI is InChI=1S/C21H26N6O3S/c1-15-3-5-17(6-4-15)27-16(2)24-25-21(27)31-14-19-23-18(13-30-19)20(28)22-7-8-26-9-11-29-12-10-26/h3-6,13H,7-12,14H2,1-2H3,(H,22,28). The summed E-state index contributed by atoms with van der Waals surface area (Å²) in [5.41, 5.74) is 2.48. The zero-order chi connectivity index (χ0) is 21.6. The molecule has 2 aromatic heterocycles. The molecule has 1 aromatic carbocycles. The van der Waals surface area contributed by atoms with Gasteiger partial charge in [-0.15, -0.1) is 10.2 Å². The van der Waals surface area contributed by atoms with Crippen LogP contribution < -0.4 is 5.32 Å². The number of carbonyl (C=O) groups is 1.